The van der Waals surface area contributed by atoms with E-state index in [0.717, 1.165) is 0 Å². The van der Waals surface area contributed by atoms with Gasteiger partial charge < -0.3 is 4.74 Å². The quantitative estimate of drug-likeness (QED) is 0.746. The van der Waals surface area contributed by atoms with Crippen LogP contribution in [-0.4, -0.2) is 22.1 Å². The van der Waals surface area contributed by atoms with E-state index >= 15 is 0 Å². The Balaban J connectivity index is 2.82. The lowest BCUT2D eigenvalue weighted by Gasteiger charge is -2.04. The second-order valence-corrected chi connectivity index (χ2v) is 3.33. The molecule has 0 atom stereocenters. The van der Waals surface area contributed by atoms with E-state index in [9.17, 15) is 9.59 Å². The summed E-state index contributed by atoms with van der Waals surface area (Å²) in [7, 11) is 0. The molecular formula is C8H9BrN2O3. The summed E-state index contributed by atoms with van der Waals surface area (Å²) < 4.78 is 6.20. The fourth-order valence-electron chi connectivity index (χ4n) is 0.882. The first kappa shape index (κ1) is 10.9. The predicted molar refractivity (Wildman–Crippen MR) is 52.8 cm³/mol. The molecule has 0 radical (unpaired) electrons. The number of hydrogen-bond donors (Lipinski definition) is 0. The molecule has 0 saturated carbocycles. The summed E-state index contributed by atoms with van der Waals surface area (Å²) in [6, 6.07) is 0. The maximum atomic E-state index is 11.4. The van der Waals surface area contributed by atoms with Crippen molar-refractivity contribution in [2.24, 2.45) is 0 Å². The van der Waals surface area contributed by atoms with Gasteiger partial charge in [-0.25, -0.2) is 4.98 Å². The first-order chi connectivity index (χ1) is 6.65. The fraction of sp³-hybridized carbons (Fsp3) is 0.375. The molecule has 1 aromatic rings. The molecule has 76 valence electrons. The van der Waals surface area contributed by atoms with Crippen molar-refractivity contribution in [3.63, 3.8) is 0 Å². The molecule has 6 heteroatoms. The van der Waals surface area contributed by atoms with Crippen LogP contribution in [0.15, 0.2) is 21.8 Å². The topological polar surface area (TPSA) is 61.2 Å². The van der Waals surface area contributed by atoms with Crippen LogP contribution in [0.25, 0.3) is 0 Å². The third kappa shape index (κ3) is 2.66. The van der Waals surface area contributed by atoms with E-state index in [2.05, 4.69) is 20.9 Å². The summed E-state index contributed by atoms with van der Waals surface area (Å²) in [6.45, 7) is 1.90. The monoisotopic (exact) mass is 260 g/mol. The summed E-state index contributed by atoms with van der Waals surface area (Å²) in [6.07, 6.45) is 2.67. The van der Waals surface area contributed by atoms with E-state index in [0.29, 0.717) is 11.1 Å². The van der Waals surface area contributed by atoms with Gasteiger partial charge in [-0.3, -0.25) is 14.2 Å². The molecule has 0 aromatic carbocycles. The van der Waals surface area contributed by atoms with Crippen molar-refractivity contribution in [1.29, 1.82) is 0 Å². The van der Waals surface area contributed by atoms with Gasteiger partial charge in [0.2, 0.25) is 0 Å². The molecule has 14 heavy (non-hydrogen) atoms. The van der Waals surface area contributed by atoms with Crippen LogP contribution in [0.3, 0.4) is 0 Å². The normalized spacial score (nSPS) is 9.86. The zero-order valence-corrected chi connectivity index (χ0v) is 9.15. The molecule has 1 aromatic heterocycles. The van der Waals surface area contributed by atoms with Crippen LogP contribution < -0.4 is 5.56 Å². The van der Waals surface area contributed by atoms with E-state index < -0.39 is 5.97 Å². The fourth-order valence-corrected chi connectivity index (χ4v) is 1.23. The molecule has 0 unspecified atom stereocenters. The third-order valence-corrected chi connectivity index (χ3v) is 2.01. The number of hydrogen-bond acceptors (Lipinski definition) is 4. The van der Waals surface area contributed by atoms with Crippen LogP contribution in [0.4, 0.5) is 0 Å². The molecule has 0 aliphatic carbocycles. The number of esters is 1. The van der Waals surface area contributed by atoms with Gasteiger partial charge in [-0.15, -0.1) is 0 Å². The van der Waals surface area contributed by atoms with Gasteiger partial charge in [-0.1, -0.05) is 0 Å². The van der Waals surface area contributed by atoms with E-state index in [1.165, 1.54) is 17.1 Å². The first-order valence-electron chi connectivity index (χ1n) is 4.00. The zero-order chi connectivity index (χ0) is 10.6. The van der Waals surface area contributed by atoms with Gasteiger partial charge in [0.05, 0.1) is 12.9 Å². The van der Waals surface area contributed by atoms with Crippen molar-refractivity contribution in [1.82, 2.24) is 9.55 Å². The lowest BCUT2D eigenvalue weighted by atomic mass is 10.5. The van der Waals surface area contributed by atoms with Crippen LogP contribution in [0, 0.1) is 0 Å². The number of carbonyl (C=O) groups excluding carboxylic acids is 1. The van der Waals surface area contributed by atoms with Gasteiger partial charge in [0.15, 0.2) is 0 Å². The minimum absolute atomic E-state index is 0.112. The van der Waals surface area contributed by atoms with Crippen LogP contribution in [0.5, 0.6) is 0 Å². The molecule has 0 fully saturated rings. The lowest BCUT2D eigenvalue weighted by Crippen LogP contribution is -2.25. The Labute approximate surface area is 88.8 Å². The number of carbonyl (C=O) groups is 1. The summed E-state index contributed by atoms with van der Waals surface area (Å²) in [4.78, 5) is 26.2. The Hall–Kier alpha value is -1.17. The first-order valence-corrected chi connectivity index (χ1v) is 4.80. The SMILES string of the molecule is CCOC(=O)Cn1cncc(Br)c1=O. The van der Waals surface area contributed by atoms with Gasteiger partial charge in [-0.05, 0) is 22.9 Å². The highest BCUT2D eigenvalue weighted by Crippen LogP contribution is 1.98. The van der Waals surface area contributed by atoms with Crippen molar-refractivity contribution < 1.29 is 9.53 Å². The molecule has 0 N–H and O–H groups in total. The Morgan fingerprint density at radius 2 is 2.43 bits per heavy atom. The van der Waals surface area contributed by atoms with Crippen molar-refractivity contribution in [3.8, 4) is 0 Å². The second-order valence-electron chi connectivity index (χ2n) is 2.48. The summed E-state index contributed by atoms with van der Waals surface area (Å²) >= 11 is 3.03. The Morgan fingerprint density at radius 3 is 3.07 bits per heavy atom. The molecule has 0 aliphatic rings. The molecule has 1 heterocycles. The van der Waals surface area contributed by atoms with Crippen LogP contribution in [-0.2, 0) is 16.1 Å². The highest BCUT2D eigenvalue weighted by atomic mass is 79.9. The molecule has 0 aliphatic heterocycles. The van der Waals surface area contributed by atoms with E-state index in [-0.39, 0.29) is 12.1 Å². The smallest absolute Gasteiger partial charge is 0.326 e. The van der Waals surface area contributed by atoms with Crippen molar-refractivity contribution >= 4 is 21.9 Å². The molecule has 0 amide bonds. The van der Waals surface area contributed by atoms with Crippen LogP contribution in [0.1, 0.15) is 6.92 Å². The van der Waals surface area contributed by atoms with Gasteiger partial charge in [0, 0.05) is 6.20 Å². The molecule has 5 nitrogen and oxygen atoms in total. The average Bonchev–Trinajstić information content (AvgIpc) is 2.13. The minimum atomic E-state index is -0.450. The second kappa shape index (κ2) is 4.90. The summed E-state index contributed by atoms with van der Waals surface area (Å²) in [5.74, 6) is -0.450. The van der Waals surface area contributed by atoms with Crippen molar-refractivity contribution in [3.05, 3.63) is 27.4 Å². The highest BCUT2D eigenvalue weighted by Gasteiger charge is 2.06. The zero-order valence-electron chi connectivity index (χ0n) is 7.57. The van der Waals surface area contributed by atoms with E-state index in [1.54, 1.807) is 6.92 Å². The van der Waals surface area contributed by atoms with Gasteiger partial charge >= 0.3 is 5.97 Å². The van der Waals surface area contributed by atoms with Crippen LogP contribution in [0.2, 0.25) is 0 Å². The molecule has 0 saturated heterocycles. The number of halogens is 1. The number of nitrogens with zero attached hydrogens (tertiary/aromatic N) is 2. The average molecular weight is 261 g/mol. The summed E-state index contributed by atoms with van der Waals surface area (Å²) in [5.41, 5.74) is -0.298. The summed E-state index contributed by atoms with van der Waals surface area (Å²) in [5, 5.41) is 0. The maximum Gasteiger partial charge on any atom is 0.326 e. The Kier molecular flexibility index (Phi) is 3.82. The van der Waals surface area contributed by atoms with E-state index in [1.807, 2.05) is 0 Å². The molecular weight excluding hydrogens is 252 g/mol. The van der Waals surface area contributed by atoms with Gasteiger partial charge in [0.1, 0.15) is 11.0 Å². The highest BCUT2D eigenvalue weighted by molar-refractivity contribution is 9.10. The van der Waals surface area contributed by atoms with Gasteiger partial charge in [0.25, 0.3) is 5.56 Å². The standard InChI is InChI=1S/C8H9BrN2O3/c1-2-14-7(12)4-11-5-10-3-6(9)8(11)13/h3,5H,2,4H2,1H3. The molecule has 0 spiro atoms. The Morgan fingerprint density at radius 1 is 1.71 bits per heavy atom. The number of aromatic nitrogens is 2. The van der Waals surface area contributed by atoms with Crippen LogP contribution >= 0.6 is 15.9 Å². The number of rotatable bonds is 3. The predicted octanol–water partition coefficient (Wildman–Crippen LogP) is 0.569. The van der Waals surface area contributed by atoms with Crippen molar-refractivity contribution in [2.75, 3.05) is 6.61 Å². The third-order valence-electron chi connectivity index (χ3n) is 1.46. The van der Waals surface area contributed by atoms with Crippen molar-refractivity contribution in [2.45, 2.75) is 13.5 Å². The Bertz CT molecular complexity index is 388. The number of ether oxygens (including phenoxy) is 1. The maximum absolute atomic E-state index is 11.4. The molecule has 1 rings (SSSR count). The largest absolute Gasteiger partial charge is 0.465 e. The van der Waals surface area contributed by atoms with Gasteiger partial charge in [-0.2, -0.15) is 0 Å². The van der Waals surface area contributed by atoms with E-state index in [4.69, 9.17) is 4.74 Å². The minimum Gasteiger partial charge on any atom is -0.465 e. The molecule has 0 bridgehead atoms. The lowest BCUT2D eigenvalue weighted by molar-refractivity contribution is -0.143.